The number of nitrogens with zero attached hydrogens (tertiary/aromatic N) is 1. The van der Waals surface area contributed by atoms with Gasteiger partial charge in [-0.2, -0.15) is 0 Å². The van der Waals surface area contributed by atoms with Crippen molar-refractivity contribution in [1.82, 2.24) is 10.2 Å². The summed E-state index contributed by atoms with van der Waals surface area (Å²) in [5.74, 6) is -0.190. The Morgan fingerprint density at radius 1 is 1.30 bits per heavy atom. The van der Waals surface area contributed by atoms with E-state index in [9.17, 15) is 14.7 Å². The Balaban J connectivity index is 2.41. The maximum atomic E-state index is 11.8. The zero-order valence-electron chi connectivity index (χ0n) is 12.9. The maximum Gasteiger partial charge on any atom is 0.309 e. The van der Waals surface area contributed by atoms with Crippen LogP contribution in [0.5, 0.6) is 0 Å². The molecule has 1 saturated heterocycles. The van der Waals surface area contributed by atoms with Crippen LogP contribution in [0.4, 0.5) is 0 Å². The Kier molecular flexibility index (Phi) is 6.46. The molecule has 1 aliphatic rings. The maximum absolute atomic E-state index is 11.8. The van der Waals surface area contributed by atoms with Crippen LogP contribution in [-0.4, -0.2) is 48.1 Å². The van der Waals surface area contributed by atoms with E-state index in [0.29, 0.717) is 44.9 Å². The molecule has 1 fully saturated rings. The van der Waals surface area contributed by atoms with Gasteiger partial charge in [0.15, 0.2) is 0 Å². The molecule has 1 rings (SSSR count). The first-order chi connectivity index (χ1) is 9.39. The van der Waals surface area contributed by atoms with Crippen LogP contribution < -0.4 is 5.32 Å². The number of carbonyl (C=O) groups excluding carboxylic acids is 1. The molecule has 116 valence electrons. The summed E-state index contributed by atoms with van der Waals surface area (Å²) in [6.45, 7) is 8.62. The van der Waals surface area contributed by atoms with Gasteiger partial charge in [-0.25, -0.2) is 0 Å². The molecule has 0 aromatic carbocycles. The molecule has 0 bridgehead atoms. The Morgan fingerprint density at radius 2 is 1.90 bits per heavy atom. The lowest BCUT2D eigenvalue weighted by molar-refractivity contribution is -0.152. The van der Waals surface area contributed by atoms with Gasteiger partial charge in [0.1, 0.15) is 0 Å². The minimum atomic E-state index is -0.678. The van der Waals surface area contributed by atoms with E-state index in [1.54, 1.807) is 0 Å². The molecule has 5 heteroatoms. The molecule has 0 spiro atoms. The number of carbonyl (C=O) groups is 2. The van der Waals surface area contributed by atoms with E-state index in [1.165, 1.54) is 0 Å². The predicted octanol–water partition coefficient (Wildman–Crippen LogP) is 1.73. The van der Waals surface area contributed by atoms with Crippen LogP contribution in [0.25, 0.3) is 0 Å². The molecule has 20 heavy (non-hydrogen) atoms. The molecule has 0 aromatic heterocycles. The summed E-state index contributed by atoms with van der Waals surface area (Å²) in [5, 5.41) is 12.3. The van der Waals surface area contributed by atoms with Gasteiger partial charge >= 0.3 is 5.97 Å². The molecule has 1 heterocycles. The lowest BCUT2D eigenvalue weighted by Crippen LogP contribution is -2.47. The summed E-state index contributed by atoms with van der Waals surface area (Å²) in [6, 6.07) is 0. The van der Waals surface area contributed by atoms with Gasteiger partial charge in [0, 0.05) is 6.54 Å². The third-order valence-corrected chi connectivity index (χ3v) is 4.07. The van der Waals surface area contributed by atoms with Crippen molar-refractivity contribution in [3.63, 3.8) is 0 Å². The molecular formula is C15H28N2O3. The summed E-state index contributed by atoms with van der Waals surface area (Å²) in [5.41, 5.74) is -0.570. The van der Waals surface area contributed by atoms with Crippen molar-refractivity contribution < 1.29 is 14.7 Å². The summed E-state index contributed by atoms with van der Waals surface area (Å²) in [7, 11) is 0. The molecule has 1 aliphatic heterocycles. The molecule has 0 unspecified atom stereocenters. The van der Waals surface area contributed by atoms with Gasteiger partial charge < -0.3 is 10.4 Å². The number of hydrogen-bond donors (Lipinski definition) is 2. The lowest BCUT2D eigenvalue weighted by Gasteiger charge is -2.38. The Bertz CT molecular complexity index is 334. The monoisotopic (exact) mass is 284 g/mol. The fraction of sp³-hybridized carbons (Fsp3) is 0.867. The van der Waals surface area contributed by atoms with E-state index in [0.717, 1.165) is 12.8 Å². The first-order valence-electron chi connectivity index (χ1n) is 7.62. The van der Waals surface area contributed by atoms with E-state index in [2.05, 4.69) is 24.1 Å². The predicted molar refractivity (Wildman–Crippen MR) is 78.5 cm³/mol. The number of carboxylic acids is 1. The summed E-state index contributed by atoms with van der Waals surface area (Å²) in [4.78, 5) is 25.3. The number of carboxylic acid groups (broad SMARTS) is 1. The van der Waals surface area contributed by atoms with Crippen LogP contribution in [0, 0.1) is 11.3 Å². The Labute approximate surface area is 121 Å². The number of hydrogen-bond acceptors (Lipinski definition) is 3. The molecule has 1 amide bonds. The Hall–Kier alpha value is -1.10. The summed E-state index contributed by atoms with van der Waals surface area (Å²) >= 11 is 0. The normalized spacial score (nSPS) is 19.0. The van der Waals surface area contributed by atoms with Crippen molar-refractivity contribution >= 4 is 11.9 Å². The zero-order chi connectivity index (χ0) is 15.2. The molecular weight excluding hydrogens is 256 g/mol. The van der Waals surface area contributed by atoms with Crippen molar-refractivity contribution in [3.8, 4) is 0 Å². The van der Waals surface area contributed by atoms with Gasteiger partial charge in [0.05, 0.1) is 12.0 Å². The highest BCUT2D eigenvalue weighted by Crippen LogP contribution is 2.36. The van der Waals surface area contributed by atoms with Crippen LogP contribution in [0.3, 0.4) is 0 Å². The fourth-order valence-corrected chi connectivity index (χ4v) is 2.77. The van der Waals surface area contributed by atoms with Crippen molar-refractivity contribution in [2.24, 2.45) is 11.3 Å². The van der Waals surface area contributed by atoms with Gasteiger partial charge in [-0.3, -0.25) is 14.5 Å². The highest BCUT2D eigenvalue weighted by molar-refractivity contribution is 5.78. The summed E-state index contributed by atoms with van der Waals surface area (Å²) in [6.07, 6.45) is 2.91. The number of piperidine rings is 1. The van der Waals surface area contributed by atoms with Crippen LogP contribution in [-0.2, 0) is 9.59 Å². The van der Waals surface area contributed by atoms with E-state index >= 15 is 0 Å². The van der Waals surface area contributed by atoms with Crippen LogP contribution in [0.2, 0.25) is 0 Å². The second-order valence-corrected chi connectivity index (χ2v) is 6.31. The third-order valence-electron chi connectivity index (χ3n) is 4.07. The standard InChI is InChI=1S/C15H28N2O3/c1-4-5-15(14(19)20)6-8-17(9-7-15)11-13(18)16-10-12(2)3/h12H,4-11H2,1-3H3,(H,16,18)(H,19,20). The number of amides is 1. The van der Waals surface area contributed by atoms with Crippen LogP contribution in [0.15, 0.2) is 0 Å². The lowest BCUT2D eigenvalue weighted by atomic mass is 9.75. The zero-order valence-corrected chi connectivity index (χ0v) is 12.9. The minimum Gasteiger partial charge on any atom is -0.481 e. The molecule has 0 aromatic rings. The second kappa shape index (κ2) is 7.62. The number of nitrogens with one attached hydrogen (secondary N) is 1. The first kappa shape index (κ1) is 17.0. The molecule has 0 aliphatic carbocycles. The average molecular weight is 284 g/mol. The van der Waals surface area contributed by atoms with Crippen molar-refractivity contribution in [3.05, 3.63) is 0 Å². The number of rotatable bonds is 7. The van der Waals surface area contributed by atoms with Crippen molar-refractivity contribution in [1.29, 1.82) is 0 Å². The minimum absolute atomic E-state index is 0.0389. The van der Waals surface area contributed by atoms with Gasteiger partial charge in [0.2, 0.25) is 5.91 Å². The quantitative estimate of drug-likeness (QED) is 0.747. The number of likely N-dealkylation sites (tertiary alicyclic amines) is 1. The van der Waals surface area contributed by atoms with Crippen LogP contribution >= 0.6 is 0 Å². The van der Waals surface area contributed by atoms with Gasteiger partial charge in [-0.15, -0.1) is 0 Å². The van der Waals surface area contributed by atoms with Gasteiger partial charge in [0.25, 0.3) is 0 Å². The van der Waals surface area contributed by atoms with E-state index in [-0.39, 0.29) is 5.91 Å². The largest absolute Gasteiger partial charge is 0.481 e. The SMILES string of the molecule is CCCC1(C(=O)O)CCN(CC(=O)NCC(C)C)CC1. The summed E-state index contributed by atoms with van der Waals surface area (Å²) < 4.78 is 0. The number of aliphatic carboxylic acids is 1. The molecule has 2 N–H and O–H groups in total. The highest BCUT2D eigenvalue weighted by Gasteiger charge is 2.40. The highest BCUT2D eigenvalue weighted by atomic mass is 16.4. The van der Waals surface area contributed by atoms with Gasteiger partial charge in [-0.1, -0.05) is 27.2 Å². The average Bonchev–Trinajstić information content (AvgIpc) is 2.39. The van der Waals surface area contributed by atoms with E-state index < -0.39 is 11.4 Å². The molecule has 0 atom stereocenters. The van der Waals surface area contributed by atoms with E-state index in [4.69, 9.17) is 0 Å². The fourth-order valence-electron chi connectivity index (χ4n) is 2.77. The van der Waals surface area contributed by atoms with Gasteiger partial charge in [-0.05, 0) is 38.3 Å². The molecule has 5 nitrogen and oxygen atoms in total. The topological polar surface area (TPSA) is 69.6 Å². The van der Waals surface area contributed by atoms with E-state index in [1.807, 2.05) is 6.92 Å². The van der Waals surface area contributed by atoms with Crippen molar-refractivity contribution in [2.45, 2.75) is 46.5 Å². The second-order valence-electron chi connectivity index (χ2n) is 6.31. The first-order valence-corrected chi connectivity index (χ1v) is 7.62. The molecule has 0 saturated carbocycles. The van der Waals surface area contributed by atoms with Crippen LogP contribution in [0.1, 0.15) is 46.5 Å². The third kappa shape index (κ3) is 4.78. The molecule has 0 radical (unpaired) electrons. The smallest absolute Gasteiger partial charge is 0.309 e. The Morgan fingerprint density at radius 3 is 2.35 bits per heavy atom. The van der Waals surface area contributed by atoms with Crippen molar-refractivity contribution in [2.75, 3.05) is 26.2 Å².